The Balaban J connectivity index is 1.57. The first-order valence-corrected chi connectivity index (χ1v) is 12.8. The van der Waals surface area contributed by atoms with Crippen LogP contribution in [0, 0.1) is 27.7 Å². The lowest BCUT2D eigenvalue weighted by atomic mass is 9.96. The minimum absolute atomic E-state index is 0.120. The van der Waals surface area contributed by atoms with Gasteiger partial charge in [-0.05, 0) is 86.9 Å². The molecule has 188 valence electrons. The number of hydrogen-bond acceptors (Lipinski definition) is 3. The van der Waals surface area contributed by atoms with Gasteiger partial charge >= 0.3 is 0 Å². The van der Waals surface area contributed by atoms with E-state index in [9.17, 15) is 4.79 Å². The minimum Gasteiger partial charge on any atom is -0.352 e. The summed E-state index contributed by atoms with van der Waals surface area (Å²) in [7, 11) is 0. The predicted molar refractivity (Wildman–Crippen MR) is 152 cm³/mol. The molecule has 2 aromatic carbocycles. The standard InChI is InChI=1S/C30H31N5OS/c1-19-11-10-12-20(2)28(19)35-21(3)17-24(22(35)4)29-27(25-15-8-9-16-31-25)33-30(37)34(29)18-26(36)32-23-13-6-5-7-14-23/h5-17,27,29H,18H2,1-4H3,(H,32,36)(H,33,37)/t27-,29+/m0/s1. The van der Waals surface area contributed by atoms with Gasteiger partial charge in [-0.2, -0.15) is 0 Å². The van der Waals surface area contributed by atoms with E-state index < -0.39 is 0 Å². The molecule has 2 N–H and O–H groups in total. The lowest BCUT2D eigenvalue weighted by molar-refractivity contribution is -0.116. The fourth-order valence-electron chi connectivity index (χ4n) is 5.38. The lowest BCUT2D eigenvalue weighted by Gasteiger charge is -2.28. The third-order valence-electron chi connectivity index (χ3n) is 7.02. The van der Waals surface area contributed by atoms with E-state index in [1.807, 2.05) is 53.4 Å². The van der Waals surface area contributed by atoms with Crippen LogP contribution in [0.25, 0.3) is 5.69 Å². The van der Waals surface area contributed by atoms with Gasteiger partial charge < -0.3 is 20.1 Å². The summed E-state index contributed by atoms with van der Waals surface area (Å²) in [6.45, 7) is 8.69. The molecule has 1 aliphatic rings. The molecule has 4 aromatic rings. The van der Waals surface area contributed by atoms with Gasteiger partial charge in [-0.1, -0.05) is 42.5 Å². The summed E-state index contributed by atoms with van der Waals surface area (Å²) in [5.41, 5.74) is 8.66. The van der Waals surface area contributed by atoms with E-state index in [0.29, 0.717) is 5.11 Å². The van der Waals surface area contributed by atoms with Crippen LogP contribution in [0.5, 0.6) is 0 Å². The van der Waals surface area contributed by atoms with E-state index >= 15 is 0 Å². The van der Waals surface area contributed by atoms with E-state index in [1.54, 1.807) is 6.20 Å². The van der Waals surface area contributed by atoms with Crippen molar-refractivity contribution in [2.75, 3.05) is 11.9 Å². The summed E-state index contributed by atoms with van der Waals surface area (Å²) in [6.07, 6.45) is 1.79. The zero-order chi connectivity index (χ0) is 26.1. The van der Waals surface area contributed by atoms with Crippen LogP contribution in [-0.2, 0) is 4.79 Å². The van der Waals surface area contributed by atoms with Crippen molar-refractivity contribution in [1.29, 1.82) is 0 Å². The van der Waals surface area contributed by atoms with Gasteiger partial charge in [-0.25, -0.2) is 0 Å². The van der Waals surface area contributed by atoms with E-state index in [-0.39, 0.29) is 24.5 Å². The molecular formula is C30H31N5OS. The molecule has 1 amide bonds. The maximum atomic E-state index is 13.1. The van der Waals surface area contributed by atoms with Crippen molar-refractivity contribution in [2.45, 2.75) is 39.8 Å². The zero-order valence-electron chi connectivity index (χ0n) is 21.5. The molecule has 5 rings (SSSR count). The van der Waals surface area contributed by atoms with Crippen LogP contribution in [0.3, 0.4) is 0 Å². The second kappa shape index (κ2) is 10.2. The third kappa shape index (κ3) is 4.74. The normalized spacial score (nSPS) is 17.1. The fourth-order valence-corrected chi connectivity index (χ4v) is 5.69. The Morgan fingerprint density at radius 3 is 2.35 bits per heavy atom. The molecule has 0 radical (unpaired) electrons. The molecule has 2 aromatic heterocycles. The number of rotatable bonds is 6. The summed E-state index contributed by atoms with van der Waals surface area (Å²) >= 11 is 5.80. The number of benzene rings is 2. The third-order valence-corrected chi connectivity index (χ3v) is 7.37. The number of carbonyl (C=O) groups is 1. The van der Waals surface area contributed by atoms with Gasteiger partial charge in [0.05, 0.1) is 23.5 Å². The highest BCUT2D eigenvalue weighted by Crippen LogP contribution is 2.41. The number of para-hydroxylation sites is 2. The average molecular weight is 510 g/mol. The van der Waals surface area contributed by atoms with Crippen LogP contribution in [0.15, 0.2) is 79.0 Å². The Morgan fingerprint density at radius 1 is 0.973 bits per heavy atom. The van der Waals surface area contributed by atoms with Gasteiger partial charge in [0.15, 0.2) is 5.11 Å². The molecule has 0 saturated carbocycles. The van der Waals surface area contributed by atoms with Crippen LogP contribution >= 0.6 is 12.2 Å². The largest absolute Gasteiger partial charge is 0.352 e. The maximum Gasteiger partial charge on any atom is 0.244 e. The van der Waals surface area contributed by atoms with Crippen LogP contribution < -0.4 is 10.6 Å². The Labute approximate surface area is 223 Å². The molecule has 7 heteroatoms. The van der Waals surface area contributed by atoms with Crippen molar-refractivity contribution >= 4 is 28.9 Å². The van der Waals surface area contributed by atoms with Gasteiger partial charge in [0.25, 0.3) is 0 Å². The van der Waals surface area contributed by atoms with E-state index in [0.717, 1.165) is 28.3 Å². The number of thiocarbonyl (C=S) groups is 1. The summed E-state index contributed by atoms with van der Waals surface area (Å²) in [4.78, 5) is 19.8. The van der Waals surface area contributed by atoms with E-state index in [4.69, 9.17) is 12.2 Å². The molecule has 1 aliphatic heterocycles. The predicted octanol–water partition coefficient (Wildman–Crippen LogP) is 5.72. The monoisotopic (exact) mass is 509 g/mol. The second-order valence-electron chi connectivity index (χ2n) is 9.57. The highest BCUT2D eigenvalue weighted by molar-refractivity contribution is 7.80. The molecule has 0 spiro atoms. The minimum atomic E-state index is -0.201. The SMILES string of the molecule is Cc1cccc(C)c1-n1c(C)cc([C@@H]2[C@H](c3ccccn3)NC(=S)N2CC(=O)Nc2ccccc2)c1C. The highest BCUT2D eigenvalue weighted by Gasteiger charge is 2.42. The smallest absolute Gasteiger partial charge is 0.244 e. The van der Waals surface area contributed by atoms with Crippen molar-refractivity contribution in [3.63, 3.8) is 0 Å². The number of aryl methyl sites for hydroxylation is 3. The first-order chi connectivity index (χ1) is 17.8. The molecule has 3 heterocycles. The van der Waals surface area contributed by atoms with Gasteiger partial charge in [-0.15, -0.1) is 0 Å². The van der Waals surface area contributed by atoms with Crippen molar-refractivity contribution in [2.24, 2.45) is 0 Å². The molecule has 1 fully saturated rings. The van der Waals surface area contributed by atoms with Crippen molar-refractivity contribution < 1.29 is 4.79 Å². The first-order valence-electron chi connectivity index (χ1n) is 12.4. The number of nitrogens with zero attached hydrogens (tertiary/aromatic N) is 3. The molecule has 2 atom stereocenters. The van der Waals surface area contributed by atoms with Gasteiger partial charge in [0.2, 0.25) is 5.91 Å². The summed E-state index contributed by atoms with van der Waals surface area (Å²) < 4.78 is 2.32. The molecular weight excluding hydrogens is 478 g/mol. The average Bonchev–Trinajstić information content (AvgIpc) is 3.35. The topological polar surface area (TPSA) is 62.2 Å². The summed E-state index contributed by atoms with van der Waals surface area (Å²) in [5.74, 6) is -0.120. The fraction of sp³-hybridized carbons (Fsp3) is 0.233. The van der Waals surface area contributed by atoms with Gasteiger partial charge in [-0.3, -0.25) is 9.78 Å². The zero-order valence-corrected chi connectivity index (χ0v) is 22.3. The van der Waals surface area contributed by atoms with Crippen LogP contribution in [0.1, 0.15) is 45.9 Å². The summed E-state index contributed by atoms with van der Waals surface area (Å²) in [6, 6.07) is 23.6. The Kier molecular flexibility index (Phi) is 6.80. The van der Waals surface area contributed by atoms with Crippen molar-refractivity contribution in [1.82, 2.24) is 19.8 Å². The van der Waals surface area contributed by atoms with Crippen LogP contribution in [0.4, 0.5) is 5.69 Å². The number of anilines is 1. The van der Waals surface area contributed by atoms with Crippen LogP contribution in [-0.4, -0.2) is 32.0 Å². The Morgan fingerprint density at radius 2 is 1.68 bits per heavy atom. The first kappa shape index (κ1) is 24.7. The number of aromatic nitrogens is 2. The number of pyridine rings is 1. The quantitative estimate of drug-likeness (QED) is 0.326. The Bertz CT molecular complexity index is 1430. The molecule has 37 heavy (non-hydrogen) atoms. The number of carbonyl (C=O) groups excluding carboxylic acids is 1. The maximum absolute atomic E-state index is 13.1. The van der Waals surface area contributed by atoms with Gasteiger partial charge in [0.1, 0.15) is 6.54 Å². The lowest BCUT2D eigenvalue weighted by Crippen LogP contribution is -2.37. The highest BCUT2D eigenvalue weighted by atomic mass is 32.1. The number of hydrogen-bond donors (Lipinski definition) is 2. The van der Waals surface area contributed by atoms with Crippen molar-refractivity contribution in [3.8, 4) is 5.69 Å². The van der Waals surface area contributed by atoms with E-state index in [2.05, 4.69) is 72.1 Å². The van der Waals surface area contributed by atoms with Crippen LogP contribution in [0.2, 0.25) is 0 Å². The second-order valence-corrected chi connectivity index (χ2v) is 9.96. The molecule has 1 saturated heterocycles. The number of nitrogens with one attached hydrogen (secondary N) is 2. The van der Waals surface area contributed by atoms with Crippen molar-refractivity contribution in [3.05, 3.63) is 113 Å². The molecule has 0 bridgehead atoms. The number of amides is 1. The van der Waals surface area contributed by atoms with Gasteiger partial charge in [0, 0.05) is 23.3 Å². The molecule has 6 nitrogen and oxygen atoms in total. The van der Waals surface area contributed by atoms with E-state index in [1.165, 1.54) is 16.8 Å². The molecule has 0 aliphatic carbocycles. The Hall–Kier alpha value is -3.97. The molecule has 0 unspecified atom stereocenters. The summed E-state index contributed by atoms with van der Waals surface area (Å²) in [5, 5.41) is 7.00.